The first-order chi connectivity index (χ1) is 5.79. The molecule has 0 aliphatic carbocycles. The molecule has 1 saturated heterocycles. The minimum absolute atomic E-state index is 0.420. The Morgan fingerprint density at radius 2 is 1.62 bits per heavy atom. The van der Waals surface area contributed by atoms with Crippen molar-refractivity contribution in [3.63, 3.8) is 0 Å². The Labute approximate surface area is 78.5 Å². The lowest BCUT2D eigenvalue weighted by atomic mass is 10.1. The van der Waals surface area contributed by atoms with Gasteiger partial charge in [-0.2, -0.15) is 8.42 Å². The normalized spacial score (nSPS) is 19.2. The first-order valence-electron chi connectivity index (χ1n) is 3.92. The first-order valence-corrected chi connectivity index (χ1v) is 5.76. The predicted octanol–water partition coefficient (Wildman–Crippen LogP) is -0.215. The lowest BCUT2D eigenvalue weighted by molar-refractivity contribution is -0.121. The Morgan fingerprint density at radius 3 is 1.85 bits per heavy atom. The largest absolute Gasteiger partial charge is 0.305 e. The number of rotatable bonds is 0. The number of ketones is 1. The van der Waals surface area contributed by atoms with Crippen LogP contribution in [0, 0.1) is 0 Å². The highest BCUT2D eigenvalue weighted by atomic mass is 32.2. The third-order valence-corrected chi connectivity index (χ3v) is 1.54. The topological polar surface area (TPSA) is 74.7 Å². The van der Waals surface area contributed by atoms with E-state index in [0.717, 1.165) is 25.9 Å². The standard InChI is InChI=1S/C6H11NO.CH4O3S/c1-7-4-2-6(8)3-5-7;1-5(2,3)4/h2-5H2,1H3;1H3,(H,2,3,4). The second kappa shape index (κ2) is 5.31. The second-order valence-electron chi connectivity index (χ2n) is 3.07. The van der Waals surface area contributed by atoms with Crippen molar-refractivity contribution in [2.45, 2.75) is 12.8 Å². The number of carbonyl (C=O) groups excluding carboxylic acids is 1. The first kappa shape index (κ1) is 12.5. The summed E-state index contributed by atoms with van der Waals surface area (Å²) >= 11 is 0. The van der Waals surface area contributed by atoms with E-state index >= 15 is 0 Å². The van der Waals surface area contributed by atoms with Crippen molar-refractivity contribution in [1.82, 2.24) is 4.90 Å². The van der Waals surface area contributed by atoms with E-state index in [1.165, 1.54) is 0 Å². The van der Waals surface area contributed by atoms with Crippen LogP contribution in [0.15, 0.2) is 0 Å². The molecular formula is C7H15NO4S. The lowest BCUT2D eigenvalue weighted by Crippen LogP contribution is -2.29. The van der Waals surface area contributed by atoms with Gasteiger partial charge in [0.25, 0.3) is 10.1 Å². The Morgan fingerprint density at radius 1 is 1.31 bits per heavy atom. The van der Waals surface area contributed by atoms with E-state index in [1.54, 1.807) is 0 Å². The van der Waals surface area contributed by atoms with Gasteiger partial charge in [0.05, 0.1) is 6.26 Å². The van der Waals surface area contributed by atoms with E-state index in [4.69, 9.17) is 4.55 Å². The Balaban J connectivity index is 0.000000252. The highest BCUT2D eigenvalue weighted by Crippen LogP contribution is 2.01. The van der Waals surface area contributed by atoms with Crippen LogP contribution in [0.2, 0.25) is 0 Å². The molecule has 1 heterocycles. The maximum absolute atomic E-state index is 10.6. The summed E-state index contributed by atoms with van der Waals surface area (Å²) in [5.74, 6) is 0.420. The van der Waals surface area contributed by atoms with Gasteiger partial charge in [0.1, 0.15) is 5.78 Å². The average Bonchev–Trinajstić information content (AvgIpc) is 1.92. The monoisotopic (exact) mass is 209 g/mol. The third kappa shape index (κ3) is 11.5. The second-order valence-corrected chi connectivity index (χ2v) is 4.54. The number of piperidine rings is 1. The van der Waals surface area contributed by atoms with E-state index in [0.29, 0.717) is 12.0 Å². The molecule has 0 unspecified atom stereocenters. The number of likely N-dealkylation sites (tertiary alicyclic amines) is 1. The summed E-state index contributed by atoms with van der Waals surface area (Å²) < 4.78 is 25.9. The maximum Gasteiger partial charge on any atom is 0.261 e. The Bertz CT molecular complexity index is 242. The number of Topliss-reactive ketones (excluding diaryl/α,β-unsaturated/α-hetero) is 1. The molecule has 0 aromatic heterocycles. The number of carbonyl (C=O) groups is 1. The minimum Gasteiger partial charge on any atom is -0.305 e. The SMILES string of the molecule is CN1CCC(=O)CC1.CS(=O)(=O)O. The highest BCUT2D eigenvalue weighted by Gasteiger charge is 2.10. The van der Waals surface area contributed by atoms with E-state index < -0.39 is 10.1 Å². The lowest BCUT2D eigenvalue weighted by Gasteiger charge is -2.19. The van der Waals surface area contributed by atoms with Gasteiger partial charge in [-0.05, 0) is 7.05 Å². The van der Waals surface area contributed by atoms with Gasteiger partial charge in [0.15, 0.2) is 0 Å². The number of hydrogen-bond donors (Lipinski definition) is 1. The Hall–Kier alpha value is -0.460. The molecule has 0 saturated carbocycles. The summed E-state index contributed by atoms with van der Waals surface area (Å²) in [5, 5.41) is 0. The number of hydrogen-bond acceptors (Lipinski definition) is 4. The highest BCUT2D eigenvalue weighted by molar-refractivity contribution is 7.85. The minimum atomic E-state index is -3.67. The van der Waals surface area contributed by atoms with Crippen LogP contribution < -0.4 is 0 Å². The van der Waals surface area contributed by atoms with Crippen molar-refractivity contribution in [3.8, 4) is 0 Å². The van der Waals surface area contributed by atoms with E-state index in [1.807, 2.05) is 7.05 Å². The summed E-state index contributed by atoms with van der Waals surface area (Å²) in [6, 6.07) is 0. The molecule has 0 aromatic rings. The van der Waals surface area contributed by atoms with Crippen molar-refractivity contribution in [2.75, 3.05) is 26.4 Å². The van der Waals surface area contributed by atoms with Gasteiger partial charge in [-0.15, -0.1) is 0 Å². The molecule has 6 heteroatoms. The molecule has 0 bridgehead atoms. The van der Waals surface area contributed by atoms with E-state index in [2.05, 4.69) is 4.90 Å². The molecule has 0 spiro atoms. The van der Waals surface area contributed by atoms with Crippen LogP contribution in [0.1, 0.15) is 12.8 Å². The molecule has 1 fully saturated rings. The van der Waals surface area contributed by atoms with Gasteiger partial charge in [0.2, 0.25) is 0 Å². The van der Waals surface area contributed by atoms with Crippen molar-refractivity contribution in [1.29, 1.82) is 0 Å². The molecule has 1 aliphatic rings. The van der Waals surface area contributed by atoms with Gasteiger partial charge >= 0.3 is 0 Å². The van der Waals surface area contributed by atoms with Crippen molar-refractivity contribution >= 4 is 15.9 Å². The van der Waals surface area contributed by atoms with Crippen molar-refractivity contribution < 1.29 is 17.8 Å². The van der Waals surface area contributed by atoms with Crippen LogP contribution in [-0.2, 0) is 14.9 Å². The van der Waals surface area contributed by atoms with Crippen LogP contribution in [-0.4, -0.2) is 50.0 Å². The molecule has 1 rings (SSSR count). The molecule has 13 heavy (non-hydrogen) atoms. The van der Waals surface area contributed by atoms with Crippen LogP contribution >= 0.6 is 0 Å². The summed E-state index contributed by atoms with van der Waals surface area (Å²) in [6.07, 6.45) is 2.24. The van der Waals surface area contributed by atoms with Gasteiger partial charge < -0.3 is 4.90 Å². The smallest absolute Gasteiger partial charge is 0.261 e. The third-order valence-electron chi connectivity index (χ3n) is 1.54. The zero-order valence-electron chi connectivity index (χ0n) is 7.86. The molecule has 1 aliphatic heterocycles. The van der Waals surface area contributed by atoms with Gasteiger partial charge in [-0.1, -0.05) is 0 Å². The van der Waals surface area contributed by atoms with E-state index in [-0.39, 0.29) is 0 Å². The summed E-state index contributed by atoms with van der Waals surface area (Å²) in [4.78, 5) is 12.8. The zero-order valence-corrected chi connectivity index (χ0v) is 8.67. The molecule has 0 amide bonds. The van der Waals surface area contributed by atoms with E-state index in [9.17, 15) is 13.2 Å². The summed E-state index contributed by atoms with van der Waals surface area (Å²) in [6.45, 7) is 1.91. The van der Waals surface area contributed by atoms with Gasteiger partial charge in [-0.3, -0.25) is 9.35 Å². The quantitative estimate of drug-likeness (QED) is 0.558. The summed E-state index contributed by atoms with van der Waals surface area (Å²) in [5.41, 5.74) is 0. The molecule has 5 nitrogen and oxygen atoms in total. The van der Waals surface area contributed by atoms with Crippen LogP contribution in [0.3, 0.4) is 0 Å². The van der Waals surface area contributed by atoms with Gasteiger partial charge in [0, 0.05) is 25.9 Å². The van der Waals surface area contributed by atoms with Crippen molar-refractivity contribution in [2.24, 2.45) is 0 Å². The molecule has 0 radical (unpaired) electrons. The van der Waals surface area contributed by atoms with Crippen molar-refractivity contribution in [3.05, 3.63) is 0 Å². The van der Waals surface area contributed by atoms with Crippen LogP contribution in [0.4, 0.5) is 0 Å². The van der Waals surface area contributed by atoms with Crippen LogP contribution in [0.5, 0.6) is 0 Å². The fourth-order valence-corrected chi connectivity index (χ4v) is 0.868. The average molecular weight is 209 g/mol. The van der Waals surface area contributed by atoms with Gasteiger partial charge in [-0.25, -0.2) is 0 Å². The fraction of sp³-hybridized carbons (Fsp3) is 0.857. The maximum atomic E-state index is 10.6. The summed E-state index contributed by atoms with van der Waals surface area (Å²) in [7, 11) is -1.62. The molecule has 0 atom stereocenters. The van der Waals surface area contributed by atoms with Crippen LogP contribution in [0.25, 0.3) is 0 Å². The molecule has 78 valence electrons. The zero-order chi connectivity index (χ0) is 10.5. The molecular weight excluding hydrogens is 194 g/mol. The fourth-order valence-electron chi connectivity index (χ4n) is 0.868. The predicted molar refractivity (Wildman–Crippen MR) is 49.2 cm³/mol. The molecule has 1 N–H and O–H groups in total. The Kier molecular flexibility index (Phi) is 5.12. The molecule has 0 aromatic carbocycles. The number of nitrogens with zero attached hydrogens (tertiary/aromatic N) is 1.